The summed E-state index contributed by atoms with van der Waals surface area (Å²) < 4.78 is 0. The zero-order chi connectivity index (χ0) is 14.7. The molecule has 1 aliphatic heterocycles. The number of aromatic nitrogens is 1. The fourth-order valence-electron chi connectivity index (χ4n) is 2.47. The van der Waals surface area contributed by atoms with Gasteiger partial charge < -0.3 is 10.0 Å². The largest absolute Gasteiger partial charge is 0.481 e. The lowest BCUT2D eigenvalue weighted by Crippen LogP contribution is -2.41. The molecular formula is C12H14ClN3O4. The maximum atomic E-state index is 11.1. The molecule has 7 nitrogen and oxygen atoms in total. The highest BCUT2D eigenvalue weighted by atomic mass is 35.5. The number of carbonyl (C=O) groups is 1. The number of nitro groups is 1. The molecule has 0 aliphatic carbocycles. The molecule has 2 heterocycles. The number of carboxylic acids is 1. The molecule has 1 aromatic rings. The van der Waals surface area contributed by atoms with Crippen molar-refractivity contribution in [3.63, 3.8) is 0 Å². The van der Waals surface area contributed by atoms with E-state index in [2.05, 4.69) is 4.98 Å². The van der Waals surface area contributed by atoms with Crippen molar-refractivity contribution < 1.29 is 14.8 Å². The molecule has 1 unspecified atom stereocenters. The molecule has 0 amide bonds. The Hall–Kier alpha value is -1.89. The molecule has 20 heavy (non-hydrogen) atoms. The number of hydrogen-bond donors (Lipinski definition) is 1. The third-order valence-corrected chi connectivity index (χ3v) is 3.53. The van der Waals surface area contributed by atoms with Crippen molar-refractivity contribution in [2.24, 2.45) is 0 Å². The van der Waals surface area contributed by atoms with Crippen molar-refractivity contribution in [3.05, 3.63) is 27.4 Å². The van der Waals surface area contributed by atoms with Crippen LogP contribution in [-0.2, 0) is 4.79 Å². The second-order valence-electron chi connectivity index (χ2n) is 4.69. The summed E-state index contributed by atoms with van der Waals surface area (Å²) in [6.07, 6.45) is 3.75. The van der Waals surface area contributed by atoms with Gasteiger partial charge in [0.05, 0.1) is 16.4 Å². The first-order chi connectivity index (χ1) is 9.49. The smallest absolute Gasteiger partial charge is 0.313 e. The molecule has 0 bridgehead atoms. The summed E-state index contributed by atoms with van der Waals surface area (Å²) in [5, 5.41) is 20.2. The van der Waals surface area contributed by atoms with E-state index in [9.17, 15) is 14.9 Å². The Balaban J connectivity index is 2.36. The van der Waals surface area contributed by atoms with Crippen molar-refractivity contribution in [1.29, 1.82) is 0 Å². The maximum Gasteiger partial charge on any atom is 0.313 e. The zero-order valence-electron chi connectivity index (χ0n) is 10.7. The van der Waals surface area contributed by atoms with Gasteiger partial charge in [0.2, 0.25) is 5.82 Å². The monoisotopic (exact) mass is 299 g/mol. The average molecular weight is 300 g/mol. The van der Waals surface area contributed by atoms with E-state index in [1.807, 2.05) is 0 Å². The van der Waals surface area contributed by atoms with Gasteiger partial charge in [-0.15, -0.1) is 0 Å². The Morgan fingerprint density at radius 2 is 2.35 bits per heavy atom. The van der Waals surface area contributed by atoms with Crippen molar-refractivity contribution in [2.75, 3.05) is 11.4 Å². The van der Waals surface area contributed by atoms with Crippen LogP contribution < -0.4 is 4.90 Å². The van der Waals surface area contributed by atoms with Crippen LogP contribution in [0.1, 0.15) is 25.7 Å². The molecule has 1 N–H and O–H groups in total. The molecular weight excluding hydrogens is 286 g/mol. The molecule has 2 rings (SSSR count). The van der Waals surface area contributed by atoms with Crippen LogP contribution in [-0.4, -0.2) is 33.6 Å². The average Bonchev–Trinajstić information content (AvgIpc) is 2.39. The molecule has 8 heteroatoms. The van der Waals surface area contributed by atoms with Crippen LogP contribution >= 0.6 is 11.6 Å². The van der Waals surface area contributed by atoms with E-state index in [1.54, 1.807) is 4.90 Å². The van der Waals surface area contributed by atoms with Crippen molar-refractivity contribution in [2.45, 2.75) is 31.7 Å². The SMILES string of the molecule is O=C(O)CC1CCCCN1c1ncc(Cl)cc1[N+](=O)[O-]. The Kier molecular flexibility index (Phi) is 4.39. The molecule has 1 saturated heterocycles. The highest BCUT2D eigenvalue weighted by Crippen LogP contribution is 2.33. The third-order valence-electron chi connectivity index (χ3n) is 3.32. The summed E-state index contributed by atoms with van der Waals surface area (Å²) >= 11 is 5.74. The lowest BCUT2D eigenvalue weighted by molar-refractivity contribution is -0.384. The van der Waals surface area contributed by atoms with Gasteiger partial charge >= 0.3 is 11.7 Å². The van der Waals surface area contributed by atoms with Gasteiger partial charge in [0.15, 0.2) is 0 Å². The van der Waals surface area contributed by atoms with E-state index in [-0.39, 0.29) is 29.0 Å². The fourth-order valence-corrected chi connectivity index (χ4v) is 2.62. The summed E-state index contributed by atoms with van der Waals surface area (Å²) in [4.78, 5) is 27.2. The van der Waals surface area contributed by atoms with Crippen LogP contribution in [0.2, 0.25) is 5.02 Å². The standard InChI is InChI=1S/C12H14ClN3O4/c13-8-5-10(16(19)20)12(14-7-8)15-4-2-1-3-9(15)6-11(17)18/h5,7,9H,1-4,6H2,(H,17,18). The Morgan fingerprint density at radius 3 is 3.00 bits per heavy atom. The lowest BCUT2D eigenvalue weighted by Gasteiger charge is -2.35. The minimum Gasteiger partial charge on any atom is -0.481 e. The molecule has 0 spiro atoms. The Labute approximate surface area is 120 Å². The number of nitrogens with zero attached hydrogens (tertiary/aromatic N) is 3. The van der Waals surface area contributed by atoms with Gasteiger partial charge in [-0.1, -0.05) is 11.6 Å². The fraction of sp³-hybridized carbons (Fsp3) is 0.500. The minimum absolute atomic E-state index is 0.0541. The van der Waals surface area contributed by atoms with Crippen LogP contribution in [0.25, 0.3) is 0 Å². The number of pyridine rings is 1. The lowest BCUT2D eigenvalue weighted by atomic mass is 9.99. The maximum absolute atomic E-state index is 11.1. The number of carboxylic acid groups (broad SMARTS) is 1. The van der Waals surface area contributed by atoms with Gasteiger partial charge in [-0.2, -0.15) is 0 Å². The van der Waals surface area contributed by atoms with Gasteiger partial charge in [0.1, 0.15) is 0 Å². The minimum atomic E-state index is -0.918. The van der Waals surface area contributed by atoms with E-state index in [0.717, 1.165) is 12.8 Å². The predicted molar refractivity (Wildman–Crippen MR) is 73.1 cm³/mol. The van der Waals surface area contributed by atoms with Crippen LogP contribution in [0.15, 0.2) is 12.3 Å². The summed E-state index contributed by atoms with van der Waals surface area (Å²) in [5.74, 6) is -0.719. The molecule has 1 aliphatic rings. The third kappa shape index (κ3) is 3.16. The van der Waals surface area contributed by atoms with Gasteiger partial charge in [-0.3, -0.25) is 14.9 Å². The summed E-state index contributed by atoms with van der Waals surface area (Å²) in [6.45, 7) is 0.563. The first-order valence-electron chi connectivity index (χ1n) is 6.27. The van der Waals surface area contributed by atoms with E-state index in [4.69, 9.17) is 16.7 Å². The van der Waals surface area contributed by atoms with Gasteiger partial charge in [0, 0.05) is 24.8 Å². The van der Waals surface area contributed by atoms with Crippen molar-refractivity contribution in [3.8, 4) is 0 Å². The number of halogens is 1. The molecule has 1 aromatic heterocycles. The topological polar surface area (TPSA) is 96.6 Å². The quantitative estimate of drug-likeness (QED) is 0.677. The Bertz CT molecular complexity index is 537. The van der Waals surface area contributed by atoms with Crippen molar-refractivity contribution in [1.82, 2.24) is 4.98 Å². The van der Waals surface area contributed by atoms with Gasteiger partial charge in [0.25, 0.3) is 0 Å². The highest BCUT2D eigenvalue weighted by molar-refractivity contribution is 6.30. The van der Waals surface area contributed by atoms with Crippen LogP contribution in [0.3, 0.4) is 0 Å². The first-order valence-corrected chi connectivity index (χ1v) is 6.65. The Morgan fingerprint density at radius 1 is 1.60 bits per heavy atom. The summed E-state index contributed by atoms with van der Waals surface area (Å²) in [6, 6.07) is 0.977. The highest BCUT2D eigenvalue weighted by Gasteiger charge is 2.30. The number of rotatable bonds is 4. The van der Waals surface area contributed by atoms with Crippen LogP contribution in [0, 0.1) is 10.1 Å². The molecule has 0 radical (unpaired) electrons. The normalized spacial score (nSPS) is 18.9. The van der Waals surface area contributed by atoms with Gasteiger partial charge in [-0.25, -0.2) is 4.98 Å². The van der Waals surface area contributed by atoms with E-state index in [1.165, 1.54) is 12.3 Å². The number of hydrogen-bond acceptors (Lipinski definition) is 5. The first kappa shape index (κ1) is 14.5. The summed E-state index contributed by atoms with van der Waals surface area (Å²) in [5.41, 5.74) is -0.185. The number of aliphatic carboxylic acids is 1. The van der Waals surface area contributed by atoms with E-state index in [0.29, 0.717) is 13.0 Å². The van der Waals surface area contributed by atoms with E-state index < -0.39 is 10.9 Å². The number of piperidine rings is 1. The van der Waals surface area contributed by atoms with Crippen LogP contribution in [0.4, 0.5) is 11.5 Å². The second kappa shape index (κ2) is 6.04. The summed E-state index contributed by atoms with van der Waals surface area (Å²) in [7, 11) is 0. The van der Waals surface area contributed by atoms with Gasteiger partial charge in [-0.05, 0) is 19.3 Å². The van der Waals surface area contributed by atoms with Crippen molar-refractivity contribution >= 4 is 29.1 Å². The molecule has 0 aromatic carbocycles. The molecule has 1 atom stereocenters. The second-order valence-corrected chi connectivity index (χ2v) is 5.13. The number of anilines is 1. The predicted octanol–water partition coefficient (Wildman–Crippen LogP) is 2.48. The molecule has 1 fully saturated rings. The zero-order valence-corrected chi connectivity index (χ0v) is 11.4. The molecule has 0 saturated carbocycles. The van der Waals surface area contributed by atoms with E-state index >= 15 is 0 Å². The van der Waals surface area contributed by atoms with Crippen LogP contribution in [0.5, 0.6) is 0 Å². The molecule has 108 valence electrons.